The number of hydrogen-bond donors (Lipinski definition) is 0. The monoisotopic (exact) mass is 372 g/mol. The smallest absolute Gasteiger partial charge is 0.260 e. The Labute approximate surface area is 158 Å². The predicted octanol–water partition coefficient (Wildman–Crippen LogP) is 2.74. The van der Waals surface area contributed by atoms with Crippen molar-refractivity contribution in [1.29, 1.82) is 0 Å². The van der Waals surface area contributed by atoms with Crippen molar-refractivity contribution in [2.75, 3.05) is 32.8 Å². The molecule has 6 heteroatoms. The zero-order valence-corrected chi connectivity index (χ0v) is 15.8. The molecule has 0 unspecified atom stereocenters. The third kappa shape index (κ3) is 5.08. The van der Waals surface area contributed by atoms with Crippen LogP contribution in [0.1, 0.15) is 16.9 Å². The Balaban J connectivity index is 1.39. The van der Waals surface area contributed by atoms with E-state index in [-0.39, 0.29) is 18.4 Å². The van der Waals surface area contributed by atoms with Crippen molar-refractivity contribution >= 4 is 23.2 Å². The van der Waals surface area contributed by atoms with Gasteiger partial charge in [-0.1, -0.05) is 23.8 Å². The van der Waals surface area contributed by atoms with Crippen molar-refractivity contribution in [3.05, 3.63) is 52.2 Å². The average Bonchev–Trinajstić information content (AvgIpc) is 3.19. The Morgan fingerprint density at radius 3 is 2.27 bits per heavy atom. The number of amides is 2. The van der Waals surface area contributed by atoms with E-state index in [0.29, 0.717) is 38.3 Å². The Morgan fingerprint density at radius 2 is 1.65 bits per heavy atom. The molecule has 138 valence electrons. The number of carbonyl (C=O) groups is 2. The summed E-state index contributed by atoms with van der Waals surface area (Å²) in [7, 11) is 0. The van der Waals surface area contributed by atoms with E-state index < -0.39 is 0 Å². The molecule has 0 spiro atoms. The summed E-state index contributed by atoms with van der Waals surface area (Å²) in [5.41, 5.74) is 1.16. The number of piperazine rings is 1. The van der Waals surface area contributed by atoms with Crippen LogP contribution in [0.2, 0.25) is 0 Å². The highest BCUT2D eigenvalue weighted by molar-refractivity contribution is 7.09. The molecular formula is C20H24N2O3S. The number of aryl methyl sites for hydroxylation is 2. The Morgan fingerprint density at radius 1 is 1.00 bits per heavy atom. The van der Waals surface area contributed by atoms with Gasteiger partial charge in [0.25, 0.3) is 5.91 Å². The van der Waals surface area contributed by atoms with Gasteiger partial charge >= 0.3 is 0 Å². The van der Waals surface area contributed by atoms with Crippen LogP contribution in [-0.2, 0) is 16.0 Å². The van der Waals surface area contributed by atoms with Crippen LogP contribution in [-0.4, -0.2) is 54.4 Å². The number of thiophene rings is 1. The number of rotatable bonds is 6. The quantitative estimate of drug-likeness (QED) is 0.783. The summed E-state index contributed by atoms with van der Waals surface area (Å²) >= 11 is 1.68. The van der Waals surface area contributed by atoms with Gasteiger partial charge < -0.3 is 14.5 Å². The molecule has 1 aromatic heterocycles. The third-order valence-corrected chi connectivity index (χ3v) is 5.47. The first-order valence-electron chi connectivity index (χ1n) is 8.89. The van der Waals surface area contributed by atoms with Crippen LogP contribution in [0.25, 0.3) is 0 Å². The van der Waals surface area contributed by atoms with Gasteiger partial charge in [-0.25, -0.2) is 0 Å². The van der Waals surface area contributed by atoms with Crippen LogP contribution >= 0.6 is 11.3 Å². The van der Waals surface area contributed by atoms with Crippen LogP contribution in [0.5, 0.6) is 5.75 Å². The molecule has 0 aliphatic carbocycles. The molecule has 1 aliphatic heterocycles. The highest BCUT2D eigenvalue weighted by Crippen LogP contribution is 2.14. The second-order valence-electron chi connectivity index (χ2n) is 6.44. The van der Waals surface area contributed by atoms with E-state index in [2.05, 4.69) is 6.07 Å². The van der Waals surface area contributed by atoms with Gasteiger partial charge in [0, 0.05) is 37.5 Å². The zero-order valence-electron chi connectivity index (χ0n) is 15.0. The molecule has 1 fully saturated rings. The van der Waals surface area contributed by atoms with Crippen LogP contribution in [0.15, 0.2) is 41.8 Å². The minimum Gasteiger partial charge on any atom is -0.484 e. The van der Waals surface area contributed by atoms with E-state index in [1.165, 1.54) is 4.88 Å². The molecule has 0 N–H and O–H groups in total. The number of benzene rings is 1. The highest BCUT2D eigenvalue weighted by atomic mass is 32.1. The largest absolute Gasteiger partial charge is 0.484 e. The van der Waals surface area contributed by atoms with Gasteiger partial charge in [-0.2, -0.15) is 0 Å². The number of nitrogens with zero attached hydrogens (tertiary/aromatic N) is 2. The fourth-order valence-electron chi connectivity index (χ4n) is 2.92. The molecule has 2 amide bonds. The van der Waals surface area contributed by atoms with Gasteiger partial charge in [-0.05, 0) is 36.9 Å². The molecule has 5 nitrogen and oxygen atoms in total. The second-order valence-corrected chi connectivity index (χ2v) is 7.47. The molecule has 0 radical (unpaired) electrons. The van der Waals surface area contributed by atoms with E-state index in [9.17, 15) is 9.59 Å². The molecule has 26 heavy (non-hydrogen) atoms. The van der Waals surface area contributed by atoms with E-state index in [4.69, 9.17) is 4.74 Å². The van der Waals surface area contributed by atoms with Crippen molar-refractivity contribution in [2.45, 2.75) is 19.8 Å². The standard InChI is InChI=1S/C20H24N2O3S/c1-16-4-6-17(7-5-16)25-15-20(24)22-12-10-21(11-13-22)19(23)9-8-18-3-2-14-26-18/h2-7,14H,8-13,15H2,1H3. The maximum Gasteiger partial charge on any atom is 0.260 e. The fraction of sp³-hybridized carbons (Fsp3) is 0.400. The second kappa shape index (κ2) is 8.85. The van der Waals surface area contributed by atoms with Gasteiger partial charge in [0.05, 0.1) is 0 Å². The lowest BCUT2D eigenvalue weighted by Gasteiger charge is -2.34. The van der Waals surface area contributed by atoms with E-state index in [1.807, 2.05) is 47.5 Å². The summed E-state index contributed by atoms with van der Waals surface area (Å²) in [4.78, 5) is 29.5. The molecular weight excluding hydrogens is 348 g/mol. The number of hydrogen-bond acceptors (Lipinski definition) is 4. The summed E-state index contributed by atoms with van der Waals surface area (Å²) < 4.78 is 5.56. The van der Waals surface area contributed by atoms with Gasteiger partial charge in [0.15, 0.2) is 6.61 Å². The molecule has 0 saturated carbocycles. The number of carbonyl (C=O) groups excluding carboxylic acids is 2. The Kier molecular flexibility index (Phi) is 6.28. The molecule has 1 saturated heterocycles. The van der Waals surface area contributed by atoms with Crippen molar-refractivity contribution in [1.82, 2.24) is 9.80 Å². The SMILES string of the molecule is Cc1ccc(OCC(=O)N2CCN(C(=O)CCc3cccs3)CC2)cc1. The first-order chi connectivity index (χ1) is 12.6. The minimum absolute atomic E-state index is 0.0312. The van der Waals surface area contributed by atoms with Gasteiger partial charge in [0.1, 0.15) is 5.75 Å². The summed E-state index contributed by atoms with van der Waals surface area (Å²) in [5.74, 6) is 0.837. The summed E-state index contributed by atoms with van der Waals surface area (Å²) in [6, 6.07) is 11.7. The lowest BCUT2D eigenvalue weighted by atomic mass is 10.2. The van der Waals surface area contributed by atoms with Crippen LogP contribution in [0.3, 0.4) is 0 Å². The normalized spacial score (nSPS) is 14.3. The molecule has 0 atom stereocenters. The van der Waals surface area contributed by atoms with Gasteiger partial charge in [-0.15, -0.1) is 11.3 Å². The Bertz CT molecular complexity index is 720. The lowest BCUT2D eigenvalue weighted by molar-refractivity contribution is -0.140. The first-order valence-corrected chi connectivity index (χ1v) is 9.77. The van der Waals surface area contributed by atoms with Crippen molar-refractivity contribution in [3.8, 4) is 5.75 Å². The maximum atomic E-state index is 12.3. The highest BCUT2D eigenvalue weighted by Gasteiger charge is 2.24. The zero-order chi connectivity index (χ0) is 18.4. The molecule has 2 heterocycles. The van der Waals surface area contributed by atoms with E-state index >= 15 is 0 Å². The van der Waals surface area contributed by atoms with Gasteiger partial charge in [-0.3, -0.25) is 9.59 Å². The van der Waals surface area contributed by atoms with Gasteiger partial charge in [0.2, 0.25) is 5.91 Å². The molecule has 1 aliphatic rings. The Hall–Kier alpha value is -2.34. The first kappa shape index (κ1) is 18.5. The molecule has 3 rings (SSSR count). The van der Waals surface area contributed by atoms with E-state index in [1.54, 1.807) is 16.2 Å². The van der Waals surface area contributed by atoms with E-state index in [0.717, 1.165) is 12.0 Å². The minimum atomic E-state index is -0.0312. The summed E-state index contributed by atoms with van der Waals surface area (Å²) in [6.07, 6.45) is 1.32. The maximum absolute atomic E-state index is 12.3. The van der Waals surface area contributed by atoms with Crippen molar-refractivity contribution in [2.24, 2.45) is 0 Å². The molecule has 0 bridgehead atoms. The summed E-state index contributed by atoms with van der Waals surface area (Å²) in [6.45, 7) is 4.38. The third-order valence-electron chi connectivity index (χ3n) is 4.53. The average molecular weight is 372 g/mol. The van der Waals surface area contributed by atoms with Crippen LogP contribution in [0, 0.1) is 6.92 Å². The topological polar surface area (TPSA) is 49.9 Å². The summed E-state index contributed by atoms with van der Waals surface area (Å²) in [5, 5.41) is 2.03. The molecule has 1 aromatic carbocycles. The van der Waals surface area contributed by atoms with Crippen LogP contribution < -0.4 is 4.74 Å². The number of ether oxygens (including phenoxy) is 1. The lowest BCUT2D eigenvalue weighted by Crippen LogP contribution is -2.51. The molecule has 2 aromatic rings. The van der Waals surface area contributed by atoms with Crippen molar-refractivity contribution < 1.29 is 14.3 Å². The van der Waals surface area contributed by atoms with Crippen LogP contribution in [0.4, 0.5) is 0 Å². The predicted molar refractivity (Wildman–Crippen MR) is 102 cm³/mol. The van der Waals surface area contributed by atoms with Crippen molar-refractivity contribution in [3.63, 3.8) is 0 Å². The fourth-order valence-corrected chi connectivity index (χ4v) is 3.63.